The van der Waals surface area contributed by atoms with E-state index in [4.69, 9.17) is 9.47 Å². The molecule has 1 aliphatic carbocycles. The summed E-state index contributed by atoms with van der Waals surface area (Å²) in [6.07, 6.45) is 3.59. The van der Waals surface area contributed by atoms with E-state index in [-0.39, 0.29) is 17.1 Å². The van der Waals surface area contributed by atoms with Gasteiger partial charge >= 0.3 is 5.97 Å². The monoisotopic (exact) mass is 460 g/mol. The lowest BCUT2D eigenvalue weighted by molar-refractivity contribution is -0.152. The molecule has 0 saturated heterocycles. The van der Waals surface area contributed by atoms with Gasteiger partial charge in [0.2, 0.25) is 0 Å². The van der Waals surface area contributed by atoms with Crippen molar-refractivity contribution in [3.63, 3.8) is 0 Å². The third-order valence-electron chi connectivity index (χ3n) is 5.47. The van der Waals surface area contributed by atoms with Crippen molar-refractivity contribution in [1.82, 2.24) is 5.32 Å². The maximum atomic E-state index is 13.0. The summed E-state index contributed by atoms with van der Waals surface area (Å²) in [5, 5.41) is 2.83. The Morgan fingerprint density at radius 2 is 1.72 bits per heavy atom. The Morgan fingerprint density at radius 3 is 2.34 bits per heavy atom. The highest BCUT2D eigenvalue weighted by Crippen LogP contribution is 2.30. The third-order valence-corrected chi connectivity index (χ3v) is 6.85. The normalized spacial score (nSPS) is 15.4. The van der Waals surface area contributed by atoms with Gasteiger partial charge in [0.05, 0.1) is 18.6 Å². The molecule has 0 spiro atoms. The van der Waals surface area contributed by atoms with Crippen LogP contribution in [-0.2, 0) is 19.6 Å². The van der Waals surface area contributed by atoms with E-state index < -0.39 is 27.4 Å². The number of esters is 1. The first-order chi connectivity index (χ1) is 15.3. The topological polar surface area (TPSA) is 111 Å². The largest absolute Gasteiger partial charge is 0.497 e. The molecule has 2 aromatic carbocycles. The molecule has 2 aromatic rings. The molecule has 0 heterocycles. The fourth-order valence-electron chi connectivity index (χ4n) is 3.77. The number of carbonyl (C=O) groups excluding carboxylic acids is 2. The summed E-state index contributed by atoms with van der Waals surface area (Å²) in [7, 11) is -2.40. The molecule has 1 aliphatic rings. The number of anilines is 1. The second-order valence-corrected chi connectivity index (χ2v) is 9.36. The summed E-state index contributed by atoms with van der Waals surface area (Å²) in [5.41, 5.74) is -0.567. The Kier molecular flexibility index (Phi) is 7.40. The molecule has 2 N–H and O–H groups in total. The number of benzene rings is 2. The summed E-state index contributed by atoms with van der Waals surface area (Å²) in [6, 6.07) is 12.2. The van der Waals surface area contributed by atoms with Gasteiger partial charge in [0.1, 0.15) is 11.3 Å². The van der Waals surface area contributed by atoms with Crippen LogP contribution < -0.4 is 14.8 Å². The van der Waals surface area contributed by atoms with Crippen LogP contribution >= 0.6 is 0 Å². The molecule has 9 heteroatoms. The van der Waals surface area contributed by atoms with Crippen molar-refractivity contribution in [2.45, 2.75) is 49.5 Å². The van der Waals surface area contributed by atoms with E-state index in [2.05, 4.69) is 10.0 Å². The van der Waals surface area contributed by atoms with Crippen LogP contribution in [0.4, 0.5) is 5.69 Å². The Hall–Kier alpha value is -3.07. The van der Waals surface area contributed by atoms with Gasteiger partial charge in [-0.3, -0.25) is 9.52 Å². The number of nitrogens with one attached hydrogen (secondary N) is 2. The second-order valence-electron chi connectivity index (χ2n) is 7.68. The van der Waals surface area contributed by atoms with E-state index in [0.29, 0.717) is 24.3 Å². The standard InChI is InChI=1S/C23H28N2O6S/c1-3-31-22(27)23(14-5-4-6-15-23)24-21(26)17-8-7-9-20(16-17)32(28,29)25-18-10-12-19(30-2)13-11-18/h7-13,16,25H,3-6,14-15H2,1-2H3,(H,24,26). The highest BCUT2D eigenvalue weighted by atomic mass is 32.2. The zero-order valence-electron chi connectivity index (χ0n) is 18.2. The highest BCUT2D eigenvalue weighted by molar-refractivity contribution is 7.92. The molecule has 1 saturated carbocycles. The van der Waals surface area contributed by atoms with Crippen molar-refractivity contribution in [1.29, 1.82) is 0 Å². The van der Waals surface area contributed by atoms with E-state index in [1.165, 1.54) is 31.4 Å². The van der Waals surface area contributed by atoms with E-state index in [0.717, 1.165) is 19.3 Å². The molecule has 8 nitrogen and oxygen atoms in total. The van der Waals surface area contributed by atoms with Gasteiger partial charge in [-0.25, -0.2) is 13.2 Å². The van der Waals surface area contributed by atoms with Gasteiger partial charge in [-0.15, -0.1) is 0 Å². The fourth-order valence-corrected chi connectivity index (χ4v) is 4.88. The van der Waals surface area contributed by atoms with Crippen LogP contribution in [0.2, 0.25) is 0 Å². The Balaban J connectivity index is 1.80. The van der Waals surface area contributed by atoms with Crippen molar-refractivity contribution in [2.24, 2.45) is 0 Å². The average molecular weight is 461 g/mol. The molecule has 1 fully saturated rings. The SMILES string of the molecule is CCOC(=O)C1(NC(=O)c2cccc(S(=O)(=O)Nc3ccc(OC)cc3)c2)CCCCC1. The maximum Gasteiger partial charge on any atom is 0.331 e. The predicted octanol–water partition coefficient (Wildman–Crippen LogP) is 3.49. The molecule has 0 bridgehead atoms. The number of amides is 1. The van der Waals surface area contributed by atoms with Crippen LogP contribution in [0.3, 0.4) is 0 Å². The lowest BCUT2D eigenvalue weighted by Gasteiger charge is -2.35. The number of hydrogen-bond donors (Lipinski definition) is 2. The van der Waals surface area contributed by atoms with Crippen LogP contribution in [0.1, 0.15) is 49.4 Å². The summed E-state index contributed by atoms with van der Waals surface area (Å²) >= 11 is 0. The summed E-state index contributed by atoms with van der Waals surface area (Å²) in [6.45, 7) is 1.95. The smallest absolute Gasteiger partial charge is 0.331 e. The molecule has 3 rings (SSSR count). The molecule has 1 amide bonds. The zero-order chi connectivity index (χ0) is 23.2. The number of ether oxygens (including phenoxy) is 2. The summed E-state index contributed by atoms with van der Waals surface area (Å²) in [5.74, 6) is -0.357. The van der Waals surface area contributed by atoms with Crippen LogP contribution in [-0.4, -0.2) is 39.5 Å². The van der Waals surface area contributed by atoms with Gasteiger partial charge in [0.15, 0.2) is 0 Å². The first kappa shape index (κ1) is 23.6. The molecule has 0 radical (unpaired) electrons. The van der Waals surface area contributed by atoms with Crippen molar-refractivity contribution >= 4 is 27.6 Å². The Labute approximate surface area is 188 Å². The highest BCUT2D eigenvalue weighted by Gasteiger charge is 2.42. The van der Waals surface area contributed by atoms with Gasteiger partial charge in [0, 0.05) is 11.3 Å². The minimum atomic E-state index is -3.92. The molecule has 172 valence electrons. The van der Waals surface area contributed by atoms with E-state index in [1.54, 1.807) is 31.2 Å². The number of methoxy groups -OCH3 is 1. The summed E-state index contributed by atoms with van der Waals surface area (Å²) in [4.78, 5) is 25.5. The van der Waals surface area contributed by atoms with Crippen molar-refractivity contribution in [3.05, 3.63) is 54.1 Å². The number of carbonyl (C=O) groups is 2. The number of rotatable bonds is 8. The van der Waals surface area contributed by atoms with Crippen LogP contribution in [0.15, 0.2) is 53.4 Å². The van der Waals surface area contributed by atoms with Crippen molar-refractivity contribution < 1.29 is 27.5 Å². The van der Waals surface area contributed by atoms with Crippen LogP contribution in [0.5, 0.6) is 5.75 Å². The van der Waals surface area contributed by atoms with E-state index >= 15 is 0 Å². The van der Waals surface area contributed by atoms with Crippen molar-refractivity contribution in [2.75, 3.05) is 18.4 Å². The van der Waals surface area contributed by atoms with E-state index in [1.807, 2.05) is 0 Å². The Bertz CT molecular complexity index is 1060. The second kappa shape index (κ2) is 10.0. The molecule has 32 heavy (non-hydrogen) atoms. The number of sulfonamides is 1. The number of hydrogen-bond acceptors (Lipinski definition) is 6. The van der Waals surface area contributed by atoms with Gasteiger partial charge in [0.25, 0.3) is 15.9 Å². The van der Waals surface area contributed by atoms with Gasteiger partial charge in [-0.2, -0.15) is 0 Å². The van der Waals surface area contributed by atoms with E-state index in [9.17, 15) is 18.0 Å². The third kappa shape index (κ3) is 5.40. The molecular formula is C23H28N2O6S. The lowest BCUT2D eigenvalue weighted by atomic mass is 9.81. The first-order valence-electron chi connectivity index (χ1n) is 10.6. The predicted molar refractivity (Wildman–Crippen MR) is 120 cm³/mol. The summed E-state index contributed by atoms with van der Waals surface area (Å²) < 4.78 is 38.4. The fraction of sp³-hybridized carbons (Fsp3) is 0.391. The molecule has 0 aromatic heterocycles. The molecule has 0 aliphatic heterocycles. The van der Waals surface area contributed by atoms with Gasteiger partial charge in [-0.05, 0) is 62.2 Å². The molecule has 0 atom stereocenters. The minimum Gasteiger partial charge on any atom is -0.497 e. The van der Waals surface area contributed by atoms with Crippen LogP contribution in [0, 0.1) is 0 Å². The minimum absolute atomic E-state index is 0.0604. The van der Waals surface area contributed by atoms with Crippen LogP contribution in [0.25, 0.3) is 0 Å². The molecular weight excluding hydrogens is 432 g/mol. The zero-order valence-corrected chi connectivity index (χ0v) is 19.0. The van der Waals surface area contributed by atoms with Gasteiger partial charge in [-0.1, -0.05) is 25.3 Å². The average Bonchev–Trinajstić information content (AvgIpc) is 2.80. The Morgan fingerprint density at radius 1 is 1.03 bits per heavy atom. The quantitative estimate of drug-likeness (QED) is 0.584. The lowest BCUT2D eigenvalue weighted by Crippen LogP contribution is -2.56. The first-order valence-corrected chi connectivity index (χ1v) is 12.0. The maximum absolute atomic E-state index is 13.0. The van der Waals surface area contributed by atoms with Gasteiger partial charge < -0.3 is 14.8 Å². The molecule has 0 unspecified atom stereocenters. The van der Waals surface area contributed by atoms with Crippen molar-refractivity contribution in [3.8, 4) is 5.75 Å².